The molecule has 0 radical (unpaired) electrons. The third-order valence-electron chi connectivity index (χ3n) is 2.39. The lowest BCUT2D eigenvalue weighted by Gasteiger charge is -2.01. The molecule has 17 heavy (non-hydrogen) atoms. The van der Waals surface area contributed by atoms with Gasteiger partial charge in [0.05, 0.1) is 5.02 Å². The fourth-order valence-corrected chi connectivity index (χ4v) is 2.13. The number of hydrogen-bond acceptors (Lipinski definition) is 3. The molecule has 0 amide bonds. The largest absolute Gasteiger partial charge is 0.282 e. The van der Waals surface area contributed by atoms with E-state index in [1.165, 1.54) is 0 Å². The second kappa shape index (κ2) is 4.09. The predicted molar refractivity (Wildman–Crippen MR) is 68.9 cm³/mol. The number of halogens is 2. The van der Waals surface area contributed by atoms with E-state index in [2.05, 4.69) is 31.1 Å². The minimum absolute atomic E-state index is 0.560. The van der Waals surface area contributed by atoms with E-state index in [1.54, 1.807) is 12.4 Å². The van der Waals surface area contributed by atoms with Gasteiger partial charge in [-0.1, -0.05) is 27.5 Å². The van der Waals surface area contributed by atoms with E-state index < -0.39 is 0 Å². The lowest BCUT2D eigenvalue weighted by Crippen LogP contribution is -1.90. The van der Waals surface area contributed by atoms with Crippen LogP contribution < -0.4 is 0 Å². The fourth-order valence-electron chi connectivity index (χ4n) is 1.61. The maximum absolute atomic E-state index is 6.09. The minimum atomic E-state index is 0.560. The van der Waals surface area contributed by atoms with Gasteiger partial charge >= 0.3 is 0 Å². The molecule has 4 nitrogen and oxygen atoms in total. The Labute approximate surface area is 110 Å². The lowest BCUT2D eigenvalue weighted by atomic mass is 10.2. The van der Waals surface area contributed by atoms with Crippen LogP contribution in [-0.2, 0) is 0 Å². The predicted octanol–water partition coefficient (Wildman–Crippen LogP) is 3.21. The van der Waals surface area contributed by atoms with Crippen molar-refractivity contribution in [1.82, 2.24) is 19.6 Å². The molecule has 3 aromatic rings. The van der Waals surface area contributed by atoms with E-state index in [-0.39, 0.29) is 0 Å². The zero-order chi connectivity index (χ0) is 11.8. The number of rotatable bonds is 1. The standard InChI is InChI=1S/C11H6BrClN4/c12-7-2-4-17-10(5-7)15-16-11(17)8-1-3-14-6-9(8)13/h1-6H. The summed E-state index contributed by atoms with van der Waals surface area (Å²) < 4.78 is 2.84. The molecular weight excluding hydrogens is 304 g/mol. The molecule has 0 unspecified atom stereocenters. The van der Waals surface area contributed by atoms with E-state index in [9.17, 15) is 0 Å². The monoisotopic (exact) mass is 308 g/mol. The number of pyridine rings is 2. The Hall–Kier alpha value is -1.46. The Morgan fingerprint density at radius 1 is 1.24 bits per heavy atom. The highest BCUT2D eigenvalue weighted by Gasteiger charge is 2.11. The van der Waals surface area contributed by atoms with Crippen LogP contribution in [0.2, 0.25) is 5.02 Å². The van der Waals surface area contributed by atoms with Crippen molar-refractivity contribution in [3.05, 3.63) is 46.3 Å². The fraction of sp³-hybridized carbons (Fsp3) is 0. The molecule has 0 N–H and O–H groups in total. The Balaban J connectivity index is 2.29. The SMILES string of the molecule is Clc1cnccc1-c1nnc2cc(Br)ccn12. The second-order valence-corrected chi connectivity index (χ2v) is 4.78. The minimum Gasteiger partial charge on any atom is -0.282 e. The molecule has 0 aliphatic heterocycles. The van der Waals surface area contributed by atoms with E-state index in [1.807, 2.05) is 28.8 Å². The van der Waals surface area contributed by atoms with Crippen LogP contribution >= 0.6 is 27.5 Å². The van der Waals surface area contributed by atoms with Gasteiger partial charge in [-0.2, -0.15) is 0 Å². The third-order valence-corrected chi connectivity index (χ3v) is 3.18. The van der Waals surface area contributed by atoms with Crippen molar-refractivity contribution in [1.29, 1.82) is 0 Å². The van der Waals surface area contributed by atoms with Gasteiger partial charge in [0.25, 0.3) is 0 Å². The van der Waals surface area contributed by atoms with Crippen molar-refractivity contribution < 1.29 is 0 Å². The van der Waals surface area contributed by atoms with E-state index >= 15 is 0 Å². The molecule has 0 spiro atoms. The maximum atomic E-state index is 6.09. The van der Waals surface area contributed by atoms with Gasteiger partial charge in [-0.05, 0) is 18.2 Å². The Morgan fingerprint density at radius 3 is 2.94 bits per heavy atom. The molecule has 6 heteroatoms. The molecule has 0 aromatic carbocycles. The van der Waals surface area contributed by atoms with E-state index in [0.717, 1.165) is 15.7 Å². The van der Waals surface area contributed by atoms with Gasteiger partial charge in [0.1, 0.15) is 0 Å². The first-order valence-electron chi connectivity index (χ1n) is 4.86. The highest BCUT2D eigenvalue weighted by Crippen LogP contribution is 2.26. The van der Waals surface area contributed by atoms with Crippen molar-refractivity contribution in [2.24, 2.45) is 0 Å². The molecule has 0 saturated carbocycles. The number of aromatic nitrogens is 4. The van der Waals surface area contributed by atoms with Crippen molar-refractivity contribution in [2.45, 2.75) is 0 Å². The quantitative estimate of drug-likeness (QED) is 0.693. The molecule has 0 fully saturated rings. The number of nitrogens with zero attached hydrogens (tertiary/aromatic N) is 4. The van der Waals surface area contributed by atoms with Gasteiger partial charge in [0.2, 0.25) is 0 Å². The molecule has 0 saturated heterocycles. The van der Waals surface area contributed by atoms with Gasteiger partial charge in [-0.15, -0.1) is 10.2 Å². The maximum Gasteiger partial charge on any atom is 0.169 e. The highest BCUT2D eigenvalue weighted by molar-refractivity contribution is 9.10. The smallest absolute Gasteiger partial charge is 0.169 e. The first-order chi connectivity index (χ1) is 8.25. The van der Waals surface area contributed by atoms with Crippen molar-refractivity contribution >= 4 is 33.2 Å². The Kier molecular flexibility index (Phi) is 2.57. The second-order valence-electron chi connectivity index (χ2n) is 3.45. The summed E-state index contributed by atoms with van der Waals surface area (Å²) in [6, 6.07) is 5.64. The molecule has 0 atom stereocenters. The first-order valence-corrected chi connectivity index (χ1v) is 6.03. The molecule has 3 aromatic heterocycles. The molecule has 3 rings (SSSR count). The molecule has 0 aliphatic rings. The lowest BCUT2D eigenvalue weighted by molar-refractivity contribution is 1.11. The highest BCUT2D eigenvalue weighted by atomic mass is 79.9. The average molecular weight is 310 g/mol. The summed E-state index contributed by atoms with van der Waals surface area (Å²) in [5.41, 5.74) is 1.58. The summed E-state index contributed by atoms with van der Waals surface area (Å²) >= 11 is 9.49. The molecule has 0 aliphatic carbocycles. The van der Waals surface area contributed by atoms with Crippen LogP contribution in [0.5, 0.6) is 0 Å². The molecule has 84 valence electrons. The van der Waals surface area contributed by atoms with Crippen LogP contribution in [0.15, 0.2) is 41.3 Å². The Morgan fingerprint density at radius 2 is 2.12 bits per heavy atom. The van der Waals surface area contributed by atoms with Crippen LogP contribution in [0, 0.1) is 0 Å². The number of hydrogen-bond donors (Lipinski definition) is 0. The zero-order valence-corrected chi connectivity index (χ0v) is 10.9. The van der Waals surface area contributed by atoms with Crippen LogP contribution in [0.4, 0.5) is 0 Å². The summed E-state index contributed by atoms with van der Waals surface area (Å²) in [5.74, 6) is 0.708. The van der Waals surface area contributed by atoms with Crippen LogP contribution in [0.25, 0.3) is 17.0 Å². The van der Waals surface area contributed by atoms with Gasteiger partial charge in [0, 0.05) is 28.6 Å². The average Bonchev–Trinajstić information content (AvgIpc) is 2.72. The molecular formula is C11H6BrClN4. The van der Waals surface area contributed by atoms with Gasteiger partial charge in [-0.3, -0.25) is 9.38 Å². The Bertz CT molecular complexity index is 695. The summed E-state index contributed by atoms with van der Waals surface area (Å²) in [7, 11) is 0. The van der Waals surface area contributed by atoms with Crippen LogP contribution in [0.1, 0.15) is 0 Å². The first kappa shape index (κ1) is 10.7. The van der Waals surface area contributed by atoms with Crippen molar-refractivity contribution in [2.75, 3.05) is 0 Å². The zero-order valence-electron chi connectivity index (χ0n) is 8.51. The van der Waals surface area contributed by atoms with Crippen molar-refractivity contribution in [3.63, 3.8) is 0 Å². The normalized spacial score (nSPS) is 10.9. The van der Waals surface area contributed by atoms with Crippen LogP contribution in [0.3, 0.4) is 0 Å². The molecule has 0 bridgehead atoms. The molecule has 3 heterocycles. The topological polar surface area (TPSA) is 43.1 Å². The van der Waals surface area contributed by atoms with E-state index in [4.69, 9.17) is 11.6 Å². The summed E-state index contributed by atoms with van der Waals surface area (Å²) in [6.07, 6.45) is 5.17. The van der Waals surface area contributed by atoms with Crippen molar-refractivity contribution in [3.8, 4) is 11.4 Å². The summed E-state index contributed by atoms with van der Waals surface area (Å²) in [4.78, 5) is 3.95. The van der Waals surface area contributed by atoms with Gasteiger partial charge in [0.15, 0.2) is 11.5 Å². The van der Waals surface area contributed by atoms with Crippen LogP contribution in [-0.4, -0.2) is 19.6 Å². The number of fused-ring (bicyclic) bond motifs is 1. The van der Waals surface area contributed by atoms with Gasteiger partial charge < -0.3 is 0 Å². The third kappa shape index (κ3) is 1.81. The van der Waals surface area contributed by atoms with Gasteiger partial charge in [-0.25, -0.2) is 0 Å². The summed E-state index contributed by atoms with van der Waals surface area (Å²) in [6.45, 7) is 0. The van der Waals surface area contributed by atoms with E-state index in [0.29, 0.717) is 10.8 Å². The summed E-state index contributed by atoms with van der Waals surface area (Å²) in [5, 5.41) is 8.81.